The lowest BCUT2D eigenvalue weighted by molar-refractivity contribution is -0.126. The second-order valence-corrected chi connectivity index (χ2v) is 6.74. The summed E-state index contributed by atoms with van der Waals surface area (Å²) in [7, 11) is 0. The number of nitrogens with zero attached hydrogens (tertiary/aromatic N) is 1. The molecule has 0 fully saturated rings. The van der Waals surface area contributed by atoms with Crippen LogP contribution in [0.3, 0.4) is 0 Å². The number of hydrogen-bond acceptors (Lipinski definition) is 3. The molecule has 1 aliphatic rings. The van der Waals surface area contributed by atoms with E-state index in [2.05, 4.69) is 5.32 Å². The Bertz CT molecular complexity index is 853. The summed E-state index contributed by atoms with van der Waals surface area (Å²) in [5.74, 6) is 0.189. The summed E-state index contributed by atoms with van der Waals surface area (Å²) in [6.45, 7) is 4.18. The van der Waals surface area contributed by atoms with Crippen molar-refractivity contribution in [2.45, 2.75) is 26.4 Å². The fraction of sp³-hybridized carbons (Fsp3) is 0.263. The third-order valence-corrected chi connectivity index (χ3v) is 4.74. The van der Waals surface area contributed by atoms with Crippen LogP contribution in [0.1, 0.15) is 31.0 Å². The van der Waals surface area contributed by atoms with Gasteiger partial charge in [-0.15, -0.1) is 0 Å². The Hall–Kier alpha value is -2.24. The standard InChI is InChI=1S/C19H18Cl2N2O3/c1-3-26-13-6-4-12(5-7-13)10-23-18-15(21)9-8-14(20)16(18)17(19(23)25)22-11(2)24/h4-9,17H,3,10H2,1-2H3,(H,22,24). The van der Waals surface area contributed by atoms with Gasteiger partial charge in [0.2, 0.25) is 5.91 Å². The second kappa shape index (κ2) is 7.56. The average molecular weight is 393 g/mol. The monoisotopic (exact) mass is 392 g/mol. The van der Waals surface area contributed by atoms with Gasteiger partial charge in [-0.3, -0.25) is 9.59 Å². The molecule has 0 saturated carbocycles. The van der Waals surface area contributed by atoms with Crippen LogP contribution in [0.2, 0.25) is 10.0 Å². The number of amides is 2. The van der Waals surface area contributed by atoms with E-state index in [9.17, 15) is 9.59 Å². The molecule has 1 atom stereocenters. The molecule has 26 heavy (non-hydrogen) atoms. The predicted molar refractivity (Wildman–Crippen MR) is 102 cm³/mol. The Morgan fingerprint density at radius 3 is 2.42 bits per heavy atom. The summed E-state index contributed by atoms with van der Waals surface area (Å²) >= 11 is 12.7. The van der Waals surface area contributed by atoms with Crippen LogP contribution < -0.4 is 15.0 Å². The van der Waals surface area contributed by atoms with Crippen molar-refractivity contribution in [3.05, 3.63) is 57.6 Å². The maximum Gasteiger partial charge on any atom is 0.254 e. The van der Waals surface area contributed by atoms with Crippen LogP contribution in [-0.4, -0.2) is 18.4 Å². The highest BCUT2D eigenvalue weighted by Crippen LogP contribution is 2.45. The quantitative estimate of drug-likeness (QED) is 0.832. The average Bonchev–Trinajstić information content (AvgIpc) is 2.87. The van der Waals surface area contributed by atoms with E-state index in [-0.39, 0.29) is 11.8 Å². The third kappa shape index (κ3) is 3.50. The molecular formula is C19H18Cl2N2O3. The highest BCUT2D eigenvalue weighted by molar-refractivity contribution is 6.38. The second-order valence-electron chi connectivity index (χ2n) is 5.93. The smallest absolute Gasteiger partial charge is 0.254 e. The van der Waals surface area contributed by atoms with Gasteiger partial charge in [0.15, 0.2) is 0 Å². The molecule has 2 aromatic carbocycles. The topological polar surface area (TPSA) is 58.6 Å². The van der Waals surface area contributed by atoms with Gasteiger partial charge in [0.1, 0.15) is 11.8 Å². The maximum atomic E-state index is 12.9. The number of nitrogens with one attached hydrogen (secondary N) is 1. The van der Waals surface area contributed by atoms with Gasteiger partial charge < -0.3 is 15.0 Å². The SMILES string of the molecule is CCOc1ccc(CN2C(=O)C(NC(C)=O)c3c(Cl)ccc(Cl)c32)cc1. The number of hydrogen-bond donors (Lipinski definition) is 1. The zero-order valence-electron chi connectivity index (χ0n) is 14.4. The number of fused-ring (bicyclic) bond motifs is 1. The van der Waals surface area contributed by atoms with Crippen LogP contribution in [0.5, 0.6) is 5.75 Å². The maximum absolute atomic E-state index is 12.9. The molecule has 0 aliphatic carbocycles. The molecular weight excluding hydrogens is 375 g/mol. The third-order valence-electron chi connectivity index (χ3n) is 4.11. The molecule has 1 aliphatic heterocycles. The molecule has 7 heteroatoms. The molecule has 0 spiro atoms. The number of carbonyl (C=O) groups is 2. The molecule has 2 aromatic rings. The van der Waals surface area contributed by atoms with Crippen molar-refractivity contribution in [1.82, 2.24) is 5.32 Å². The van der Waals surface area contributed by atoms with E-state index >= 15 is 0 Å². The number of halogens is 2. The Kier molecular flexibility index (Phi) is 5.39. The molecule has 1 N–H and O–H groups in total. The van der Waals surface area contributed by atoms with Crippen molar-refractivity contribution >= 4 is 40.7 Å². The summed E-state index contributed by atoms with van der Waals surface area (Å²) in [5, 5.41) is 3.47. The van der Waals surface area contributed by atoms with E-state index in [0.717, 1.165) is 11.3 Å². The van der Waals surface area contributed by atoms with Gasteiger partial charge in [-0.2, -0.15) is 0 Å². The van der Waals surface area contributed by atoms with Gasteiger partial charge in [0.25, 0.3) is 5.91 Å². The van der Waals surface area contributed by atoms with Gasteiger partial charge in [0.05, 0.1) is 23.9 Å². The zero-order valence-corrected chi connectivity index (χ0v) is 15.9. The van der Waals surface area contributed by atoms with Crippen LogP contribution >= 0.6 is 23.2 Å². The molecule has 0 radical (unpaired) electrons. The van der Waals surface area contributed by atoms with Gasteiger partial charge in [-0.1, -0.05) is 35.3 Å². The fourth-order valence-electron chi connectivity index (χ4n) is 3.03. The minimum Gasteiger partial charge on any atom is -0.494 e. The summed E-state index contributed by atoms with van der Waals surface area (Å²) in [6, 6.07) is 9.93. The van der Waals surface area contributed by atoms with Crippen molar-refractivity contribution in [3.63, 3.8) is 0 Å². The zero-order chi connectivity index (χ0) is 18.8. The van der Waals surface area contributed by atoms with E-state index in [0.29, 0.717) is 34.4 Å². The Labute approximate surface area is 161 Å². The van der Waals surface area contributed by atoms with Gasteiger partial charge >= 0.3 is 0 Å². The summed E-state index contributed by atoms with van der Waals surface area (Å²) < 4.78 is 5.44. The van der Waals surface area contributed by atoms with Gasteiger partial charge in [0, 0.05) is 17.5 Å². The lowest BCUT2D eigenvalue weighted by Gasteiger charge is -2.19. The molecule has 0 bridgehead atoms. The Morgan fingerprint density at radius 2 is 1.81 bits per heavy atom. The minimum atomic E-state index is -0.837. The fourth-order valence-corrected chi connectivity index (χ4v) is 3.56. The number of ether oxygens (including phenoxy) is 1. The van der Waals surface area contributed by atoms with E-state index < -0.39 is 6.04 Å². The lowest BCUT2D eigenvalue weighted by Crippen LogP contribution is -2.36. The highest BCUT2D eigenvalue weighted by atomic mass is 35.5. The molecule has 0 saturated heterocycles. The van der Waals surface area contributed by atoms with Crippen LogP contribution in [0.4, 0.5) is 5.69 Å². The summed E-state index contributed by atoms with van der Waals surface area (Å²) in [6.07, 6.45) is 0. The van der Waals surface area contributed by atoms with Gasteiger partial charge in [-0.05, 0) is 36.8 Å². The minimum absolute atomic E-state index is 0.265. The molecule has 1 unspecified atom stereocenters. The van der Waals surface area contributed by atoms with Crippen molar-refractivity contribution in [2.75, 3.05) is 11.5 Å². The Balaban J connectivity index is 1.96. The lowest BCUT2D eigenvalue weighted by atomic mass is 10.1. The number of anilines is 1. The van der Waals surface area contributed by atoms with Gasteiger partial charge in [-0.25, -0.2) is 0 Å². The first-order valence-electron chi connectivity index (χ1n) is 8.20. The number of benzene rings is 2. The van der Waals surface area contributed by atoms with Crippen LogP contribution in [-0.2, 0) is 16.1 Å². The van der Waals surface area contributed by atoms with E-state index in [1.165, 1.54) is 6.92 Å². The van der Waals surface area contributed by atoms with E-state index in [1.54, 1.807) is 17.0 Å². The van der Waals surface area contributed by atoms with Crippen LogP contribution in [0, 0.1) is 0 Å². The van der Waals surface area contributed by atoms with Crippen molar-refractivity contribution in [2.24, 2.45) is 0 Å². The molecule has 5 nitrogen and oxygen atoms in total. The molecule has 3 rings (SSSR count). The van der Waals surface area contributed by atoms with E-state index in [4.69, 9.17) is 27.9 Å². The number of rotatable bonds is 5. The summed E-state index contributed by atoms with van der Waals surface area (Å²) in [4.78, 5) is 26.0. The molecule has 0 aromatic heterocycles. The van der Waals surface area contributed by atoms with Crippen LogP contribution in [0.25, 0.3) is 0 Å². The molecule has 1 heterocycles. The first-order chi connectivity index (χ1) is 12.4. The largest absolute Gasteiger partial charge is 0.494 e. The van der Waals surface area contributed by atoms with Crippen LogP contribution in [0.15, 0.2) is 36.4 Å². The predicted octanol–water partition coefficient (Wildman–Crippen LogP) is 4.12. The first kappa shape index (κ1) is 18.5. The van der Waals surface area contributed by atoms with Crippen molar-refractivity contribution in [1.29, 1.82) is 0 Å². The summed E-state index contributed by atoms with van der Waals surface area (Å²) in [5.41, 5.74) is 1.98. The number of carbonyl (C=O) groups excluding carboxylic acids is 2. The molecule has 2 amide bonds. The van der Waals surface area contributed by atoms with Crippen molar-refractivity contribution in [3.8, 4) is 5.75 Å². The normalized spacial score (nSPS) is 15.8. The van der Waals surface area contributed by atoms with Crippen molar-refractivity contribution < 1.29 is 14.3 Å². The molecule has 136 valence electrons. The Morgan fingerprint density at radius 1 is 1.15 bits per heavy atom. The van der Waals surface area contributed by atoms with E-state index in [1.807, 2.05) is 31.2 Å². The highest BCUT2D eigenvalue weighted by Gasteiger charge is 2.41. The first-order valence-corrected chi connectivity index (χ1v) is 8.96.